The number of benzene rings is 2. The average Bonchev–Trinajstić information content (AvgIpc) is 0.779. The lowest BCUT2D eigenvalue weighted by Crippen LogP contribution is -2.98. The lowest BCUT2D eigenvalue weighted by Gasteiger charge is -2.59. The van der Waals surface area contributed by atoms with Gasteiger partial charge in [-0.1, -0.05) is 18.2 Å². The fourth-order valence-corrected chi connectivity index (χ4v) is 15.6. The highest BCUT2D eigenvalue weighted by atomic mass is 16.7. The normalized spacial score (nSPS) is 12.2. The summed E-state index contributed by atoms with van der Waals surface area (Å²) >= 11 is 0. The summed E-state index contributed by atoms with van der Waals surface area (Å²) in [5.41, 5.74) is 3.28. The molecule has 0 amide bonds. The van der Waals surface area contributed by atoms with Gasteiger partial charge in [-0.05, 0) is 43.1 Å². The molecule has 2 aliphatic rings. The number of methoxy groups -OCH3 is 2. The Morgan fingerprint density at radius 3 is 1.11 bits per heavy atom. The van der Waals surface area contributed by atoms with Gasteiger partial charge in [-0.3, -0.25) is 9.69 Å². The van der Waals surface area contributed by atoms with Crippen molar-refractivity contribution in [3.63, 3.8) is 0 Å². The molecule has 0 saturated carbocycles. The molecule has 6 nitrogen and oxygen atoms in total. The second kappa shape index (κ2) is 41.8. The van der Waals surface area contributed by atoms with E-state index in [4.69, 9.17) is 274 Å². The quantitative estimate of drug-likeness (QED) is 0.0625. The van der Waals surface area contributed by atoms with E-state index in [0.717, 1.165) is 42.7 Å². The van der Waals surface area contributed by atoms with Gasteiger partial charge in [-0.15, -0.1) is 0 Å². The molecule has 2 heterocycles. The van der Waals surface area contributed by atoms with E-state index in [0.29, 0.717) is 30.8 Å². The third kappa shape index (κ3) is 23.0. The van der Waals surface area contributed by atoms with Crippen LogP contribution in [0.15, 0.2) is 30.3 Å². The number of ketones is 1. The highest BCUT2D eigenvalue weighted by molar-refractivity contribution is 8.39. The predicted octanol–water partition coefficient (Wildman–Crippen LogP) is -21.2. The third-order valence-electron chi connectivity index (χ3n) is 19.4. The Labute approximate surface area is 625 Å². The second-order valence-corrected chi connectivity index (χ2v) is 25.6. The number of carbonyl (C=O) groups excluding carboxylic acids is 1. The van der Waals surface area contributed by atoms with Gasteiger partial charge in [0.1, 0.15) is 11.5 Å². The number of rotatable bonds is 38. The zero-order valence-corrected chi connectivity index (χ0v) is 54.7. The molecule has 71 heteroatoms. The van der Waals surface area contributed by atoms with Crippen molar-refractivity contribution in [2.24, 2.45) is 0 Å². The fourth-order valence-electron chi connectivity index (χ4n) is 15.6. The number of nitrogens with zero attached hydrogens (tertiary/aromatic N) is 1. The van der Waals surface area contributed by atoms with Crippen LogP contribution < -0.4 is 18.9 Å². The molecule has 0 saturated heterocycles. The maximum atomic E-state index is 12.9. The number of para-hydroxylation sites is 1. The number of hydrogen-bond donors (Lipinski definition) is 0. The number of carbonyl (C=O) groups is 1. The van der Waals surface area contributed by atoms with Gasteiger partial charge in [0, 0.05) is 491 Å². The lowest BCUT2D eigenvalue weighted by atomic mass is 8.22. The van der Waals surface area contributed by atoms with Crippen LogP contribution in [0.1, 0.15) is 35.6 Å². The standard InChI is InChI=1S/C23H27NO5.B65/c1-24-11-10-16-12-20-22(29-14-28-20)23(27-3)21(16)18(24)13-17(25)9-8-15-6-4-5-7-19(15)26-2;1-34-51(35(2)3)59(50(32)33)63(58(48(28)29)49(30)31)65(62(56(44(20)21)45(22)23)57(46(24)25)47(26)27)64(60(52(36(4)5)37(6)7)53(38(8)9)39(10)11)61(54(40(12)13)41(14)15)55(42(16)17)43(18)19/h4-7,12,18H,8-11,13-14H2,1-3H3;. The molecule has 0 aliphatic carbocycles. The minimum absolute atomic E-state index is 0.0339. The molecule has 0 N–H and O–H groups in total. The number of ether oxygens (including phenoxy) is 4. The summed E-state index contributed by atoms with van der Waals surface area (Å²) in [5.74, 6) is 3.12. The number of Topliss-reactive ketones (excluding diaryl/α,β-unsaturated/α-hetero) is 1. The van der Waals surface area contributed by atoms with Gasteiger partial charge in [0.2, 0.25) is 12.5 Å². The van der Waals surface area contributed by atoms with Crippen molar-refractivity contribution in [2.45, 2.75) is 31.7 Å². The largest absolute Gasteiger partial charge is 0.496 e. The maximum absolute atomic E-state index is 12.9. The van der Waals surface area contributed by atoms with Crippen molar-refractivity contribution in [3.8, 4) is 23.0 Å². The van der Waals surface area contributed by atoms with Crippen molar-refractivity contribution in [1.29, 1.82) is 0 Å². The lowest BCUT2D eigenvalue weighted by molar-refractivity contribution is -0.120. The zero-order valence-electron chi connectivity index (χ0n) is 54.7. The van der Waals surface area contributed by atoms with Gasteiger partial charge < -0.3 is 18.9 Å². The molecular formula is C23H27B65NO5. The van der Waals surface area contributed by atoms with Gasteiger partial charge in [0.25, 0.3) is 0 Å². The summed E-state index contributed by atoms with van der Waals surface area (Å²) in [4.78, 5) is 15.1. The van der Waals surface area contributed by atoms with E-state index in [1.54, 1.807) is 14.2 Å². The van der Waals surface area contributed by atoms with E-state index in [1.165, 1.54) is 5.56 Å². The van der Waals surface area contributed by atoms with Crippen molar-refractivity contribution in [3.05, 3.63) is 47.0 Å². The Kier molecular flexibility index (Phi) is 39.9. The van der Waals surface area contributed by atoms with Gasteiger partial charge in [0.15, 0.2) is 11.5 Å². The molecule has 94 heavy (non-hydrogen) atoms. The van der Waals surface area contributed by atoms with Crippen LogP contribution in [0.4, 0.5) is 0 Å². The van der Waals surface area contributed by atoms with Crippen molar-refractivity contribution < 1.29 is 23.7 Å². The topological polar surface area (TPSA) is 57.2 Å². The summed E-state index contributed by atoms with van der Waals surface area (Å²) in [6.45, 7) is 1.09. The van der Waals surface area contributed by atoms with Gasteiger partial charge in [-0.25, -0.2) is 0 Å². The van der Waals surface area contributed by atoms with Crippen molar-refractivity contribution >= 4 is 466 Å². The molecule has 1 atom stereocenters. The molecule has 1 unspecified atom stereocenters. The van der Waals surface area contributed by atoms with E-state index in [9.17, 15) is 4.79 Å². The van der Waals surface area contributed by atoms with E-state index in [1.807, 2.05) is 30.3 Å². The van der Waals surface area contributed by atoms with Crippen LogP contribution in [-0.2, 0) is 17.6 Å². The monoisotopic (exact) mass is 1110 g/mol. The summed E-state index contributed by atoms with van der Waals surface area (Å²) < 4.78 is 22.3. The predicted molar refractivity (Wildman–Crippen MR) is 483 cm³/mol. The maximum Gasteiger partial charge on any atom is 0.231 e. The van der Waals surface area contributed by atoms with Gasteiger partial charge in [-0.2, -0.15) is 0 Å². The third-order valence-corrected chi connectivity index (χ3v) is 19.4. The van der Waals surface area contributed by atoms with Crippen LogP contribution in [-0.4, -0.2) is 506 Å². The minimum atomic E-state index is -1.59. The van der Waals surface area contributed by atoms with Crippen LogP contribution in [0.3, 0.4) is 0 Å². The molecule has 67 radical (unpaired) electrons. The highest BCUT2D eigenvalue weighted by Crippen LogP contribution is 2.50. The highest BCUT2D eigenvalue weighted by Gasteiger charge is 2.63. The smallest absolute Gasteiger partial charge is 0.231 e. The molecule has 2 aromatic rings. The molecule has 0 fully saturated rings. The fraction of sp³-hybridized carbons (Fsp3) is 0.435. The Hall–Kier alpha value is 1.49. The SMILES string of the molecule is COc1ccccc1CCC(=O)CC1c2c(cc3c(c2OC)OCO3)CCN1C.[B][B]B(B([B])[B])B(B([B])[B])B(B(B([B])[B])B([B])[B])B(B(B(B([B])[B])B([B])[B])B(B([B])[B])B([B])[B])B(B(B(B([B])[B])B([B])[B])B(B([B])[B])B([B])[B])B(B(B([B])[B])B([B])[B])B(B([B])[B])B([B])[B]. The molecular weight excluding hydrogens is 1070 g/mol. The molecule has 2 aliphatic heterocycles. The first-order chi connectivity index (χ1) is 43.7. The first kappa shape index (κ1) is 89.7. The van der Waals surface area contributed by atoms with E-state index in [-0.39, 0.29) is 18.6 Å². The van der Waals surface area contributed by atoms with Crippen LogP contribution in [0.25, 0.3) is 0 Å². The minimum Gasteiger partial charge on any atom is -0.496 e. The number of fused-ring (bicyclic) bond motifs is 2. The Balaban J connectivity index is 0.000000648. The van der Waals surface area contributed by atoms with Gasteiger partial charge in [0.05, 0.1) is 14.2 Å². The molecule has 0 spiro atoms. The summed E-state index contributed by atoms with van der Waals surface area (Å²) in [5, 5.41) is 0. The molecule has 0 bridgehead atoms. The molecule has 0 aromatic heterocycles. The van der Waals surface area contributed by atoms with E-state index >= 15 is 0 Å². The Morgan fingerprint density at radius 2 is 0.798 bits per heavy atom. The Morgan fingerprint density at radius 1 is 0.468 bits per heavy atom. The molecule has 2 aromatic carbocycles. The van der Waals surface area contributed by atoms with Crippen LogP contribution in [0, 0.1) is 0 Å². The van der Waals surface area contributed by atoms with E-state index < -0.39 is 198 Å². The van der Waals surface area contributed by atoms with Crippen molar-refractivity contribution in [1.82, 2.24) is 4.90 Å². The summed E-state index contributed by atoms with van der Waals surface area (Å²) in [6, 6.07) is 9.86. The number of aryl methyl sites for hydroxylation is 1. The summed E-state index contributed by atoms with van der Waals surface area (Å²) in [6.07, 6.45) is -43.2. The zero-order chi connectivity index (χ0) is 72.0. The Bertz CT molecular complexity index is 2370. The number of likely N-dealkylation sites (N-methyl/N-ethyl adjacent to an activating group) is 1. The average molecular weight is 1100 g/mol. The molecule has 4 rings (SSSR count). The van der Waals surface area contributed by atoms with Crippen molar-refractivity contribution in [2.75, 3.05) is 34.6 Å². The molecule has 349 valence electrons. The van der Waals surface area contributed by atoms with Crippen LogP contribution in [0.2, 0.25) is 0 Å². The van der Waals surface area contributed by atoms with E-state index in [2.05, 4.69) is 11.9 Å². The van der Waals surface area contributed by atoms with Gasteiger partial charge >= 0.3 is 0 Å². The van der Waals surface area contributed by atoms with Crippen LogP contribution in [0.5, 0.6) is 23.0 Å². The number of hydrogen-bond acceptors (Lipinski definition) is 6. The second-order valence-electron chi connectivity index (χ2n) is 25.6. The summed E-state index contributed by atoms with van der Waals surface area (Å²) in [7, 11) is 226. The van der Waals surface area contributed by atoms with Crippen LogP contribution >= 0.6 is 0 Å². The first-order valence-electron chi connectivity index (χ1n) is 31.3. The first-order valence-corrected chi connectivity index (χ1v) is 31.3.